The third-order valence-corrected chi connectivity index (χ3v) is 4.85. The highest BCUT2D eigenvalue weighted by Gasteiger charge is 2.31. The first-order chi connectivity index (χ1) is 15.8. The van der Waals surface area contributed by atoms with Crippen molar-refractivity contribution in [2.24, 2.45) is 0 Å². The molecule has 13 heteroatoms. The van der Waals surface area contributed by atoms with Gasteiger partial charge < -0.3 is 9.15 Å². The predicted molar refractivity (Wildman–Crippen MR) is 114 cm³/mol. The number of carbonyl (C=O) groups excluding carboxylic acids is 1. The van der Waals surface area contributed by atoms with E-state index in [-0.39, 0.29) is 24.0 Å². The molecule has 1 amide bonds. The molecular formula is C21H17F3N4O5S. The zero-order chi connectivity index (χ0) is 25.1. The number of hydrogen-bond donors (Lipinski definition) is 1. The number of nitrogens with zero attached hydrogens (tertiary/aromatic N) is 3. The van der Waals surface area contributed by atoms with Crippen LogP contribution in [0.25, 0.3) is 0 Å². The van der Waals surface area contributed by atoms with Gasteiger partial charge in [0.05, 0.1) is 24.4 Å². The normalized spacial score (nSPS) is 11.5. The molecule has 3 rings (SSSR count). The largest absolute Gasteiger partial charge is 0.573 e. The summed E-state index contributed by atoms with van der Waals surface area (Å²) in [6, 6.07) is 13.2. The second kappa shape index (κ2) is 9.44. The average Bonchev–Trinajstić information content (AvgIpc) is 3.11. The number of halogens is 3. The highest BCUT2D eigenvalue weighted by atomic mass is 32.2. The minimum atomic E-state index is -4.87. The Balaban J connectivity index is 2.01. The highest BCUT2D eigenvalue weighted by Crippen LogP contribution is 2.30. The molecule has 9 nitrogen and oxygen atoms in total. The Kier molecular flexibility index (Phi) is 6.83. The number of alkyl halides is 3. The van der Waals surface area contributed by atoms with Crippen LogP contribution >= 0.6 is 0 Å². The van der Waals surface area contributed by atoms with Gasteiger partial charge in [0.1, 0.15) is 11.5 Å². The number of carbonyl (C=O) groups is 1. The van der Waals surface area contributed by atoms with Crippen molar-refractivity contribution in [3.63, 3.8) is 0 Å². The summed E-state index contributed by atoms with van der Waals surface area (Å²) in [5, 5.41) is 9.04. The van der Waals surface area contributed by atoms with Crippen molar-refractivity contribution in [3.05, 3.63) is 71.1 Å². The second-order valence-corrected chi connectivity index (χ2v) is 8.79. The van der Waals surface area contributed by atoms with E-state index < -0.39 is 28.0 Å². The van der Waals surface area contributed by atoms with Crippen LogP contribution in [-0.4, -0.2) is 31.9 Å². The first kappa shape index (κ1) is 24.6. The molecule has 0 bridgehead atoms. The summed E-state index contributed by atoms with van der Waals surface area (Å²) in [6.45, 7) is 1.34. The van der Waals surface area contributed by atoms with Crippen molar-refractivity contribution >= 4 is 27.6 Å². The molecular weight excluding hydrogens is 477 g/mol. The van der Waals surface area contributed by atoms with Crippen LogP contribution in [0.4, 0.5) is 24.9 Å². The topological polar surface area (TPSA) is 126 Å². The van der Waals surface area contributed by atoms with Gasteiger partial charge in [0.15, 0.2) is 5.69 Å². The van der Waals surface area contributed by atoms with Crippen molar-refractivity contribution in [3.8, 4) is 11.8 Å². The number of anilines is 2. The summed E-state index contributed by atoms with van der Waals surface area (Å²) in [5.74, 6) is -1.42. The van der Waals surface area contributed by atoms with Crippen LogP contribution in [0.2, 0.25) is 0 Å². The molecule has 0 aliphatic carbocycles. The van der Waals surface area contributed by atoms with Crippen LogP contribution in [-0.2, 0) is 16.6 Å². The van der Waals surface area contributed by atoms with Crippen molar-refractivity contribution < 1.29 is 35.5 Å². The van der Waals surface area contributed by atoms with Gasteiger partial charge in [-0.2, -0.15) is 10.2 Å². The maximum absolute atomic E-state index is 12.6. The molecule has 0 atom stereocenters. The zero-order valence-corrected chi connectivity index (χ0v) is 18.6. The number of sulfonamides is 1. The van der Waals surface area contributed by atoms with E-state index in [1.165, 1.54) is 36.1 Å². The Morgan fingerprint density at radius 2 is 1.91 bits per heavy atom. The molecule has 0 spiro atoms. The summed E-state index contributed by atoms with van der Waals surface area (Å²) >= 11 is 0. The van der Waals surface area contributed by atoms with Gasteiger partial charge in [-0.1, -0.05) is 12.1 Å². The van der Waals surface area contributed by atoms with Crippen LogP contribution in [0.15, 0.2) is 52.9 Å². The summed E-state index contributed by atoms with van der Waals surface area (Å²) in [6.07, 6.45) is -4.06. The van der Waals surface area contributed by atoms with Gasteiger partial charge in [-0.15, -0.1) is 13.2 Å². The van der Waals surface area contributed by atoms with Gasteiger partial charge in [0, 0.05) is 5.69 Å². The predicted octanol–water partition coefficient (Wildman–Crippen LogP) is 3.78. The molecule has 1 aromatic heterocycles. The molecule has 3 aromatic rings. The van der Waals surface area contributed by atoms with Crippen LogP contribution in [0.1, 0.15) is 27.4 Å². The fourth-order valence-electron chi connectivity index (χ4n) is 2.93. The van der Waals surface area contributed by atoms with Gasteiger partial charge in [-0.05, 0) is 48.9 Å². The maximum Gasteiger partial charge on any atom is 0.573 e. The number of aryl methyl sites for hydroxylation is 1. The standard InChI is InChI=1S/C21H17F3N4O5S/c1-13-18(19(29)27-34(2,30)31)26-20(32-13)28(16-8-6-14(11-25)7-9-16)12-15-4-3-5-17(10-15)33-21(22,23)24/h3-10H,12H2,1-2H3,(H,27,29). The van der Waals surface area contributed by atoms with Crippen LogP contribution in [0.5, 0.6) is 5.75 Å². The molecule has 2 aromatic carbocycles. The molecule has 34 heavy (non-hydrogen) atoms. The SMILES string of the molecule is Cc1oc(N(Cc2cccc(OC(F)(F)F)c2)c2ccc(C#N)cc2)nc1C(=O)NS(C)(=O)=O. The van der Waals surface area contributed by atoms with E-state index in [4.69, 9.17) is 9.68 Å². The van der Waals surface area contributed by atoms with E-state index in [1.54, 1.807) is 22.9 Å². The molecule has 0 aliphatic rings. The lowest BCUT2D eigenvalue weighted by molar-refractivity contribution is -0.274. The zero-order valence-electron chi connectivity index (χ0n) is 17.8. The van der Waals surface area contributed by atoms with Gasteiger partial charge in [-0.3, -0.25) is 9.69 Å². The third-order valence-electron chi connectivity index (χ3n) is 4.29. The van der Waals surface area contributed by atoms with E-state index in [1.807, 2.05) is 6.07 Å². The van der Waals surface area contributed by atoms with Crippen LogP contribution in [0, 0.1) is 18.3 Å². The highest BCUT2D eigenvalue weighted by molar-refractivity contribution is 7.89. The number of ether oxygens (including phenoxy) is 1. The average molecular weight is 494 g/mol. The van der Waals surface area contributed by atoms with E-state index in [2.05, 4.69) is 9.72 Å². The first-order valence-electron chi connectivity index (χ1n) is 9.46. The Morgan fingerprint density at radius 3 is 2.50 bits per heavy atom. The quantitative estimate of drug-likeness (QED) is 0.526. The summed E-state index contributed by atoms with van der Waals surface area (Å²) < 4.78 is 72.0. The number of nitrogens with one attached hydrogen (secondary N) is 1. The lowest BCUT2D eigenvalue weighted by Crippen LogP contribution is -2.30. The molecule has 0 unspecified atom stereocenters. The smallest absolute Gasteiger partial charge is 0.428 e. The Hall–Kier alpha value is -4.05. The minimum absolute atomic E-state index is 0.0175. The van der Waals surface area contributed by atoms with E-state index >= 15 is 0 Å². The molecule has 1 heterocycles. The fraction of sp³-hybridized carbons (Fsp3) is 0.190. The summed E-state index contributed by atoms with van der Waals surface area (Å²) in [4.78, 5) is 17.8. The van der Waals surface area contributed by atoms with Crippen molar-refractivity contribution in [2.75, 3.05) is 11.2 Å². The van der Waals surface area contributed by atoms with Crippen LogP contribution < -0.4 is 14.4 Å². The molecule has 178 valence electrons. The van der Waals surface area contributed by atoms with Gasteiger partial charge in [0.25, 0.3) is 5.91 Å². The van der Waals surface area contributed by atoms with Gasteiger partial charge in [0.2, 0.25) is 10.0 Å². The fourth-order valence-corrected chi connectivity index (χ4v) is 3.37. The van der Waals surface area contributed by atoms with E-state index in [0.717, 1.165) is 12.3 Å². The second-order valence-electron chi connectivity index (χ2n) is 7.04. The Morgan fingerprint density at radius 1 is 1.24 bits per heavy atom. The van der Waals surface area contributed by atoms with Crippen LogP contribution in [0.3, 0.4) is 0 Å². The molecule has 0 radical (unpaired) electrons. The number of oxazole rings is 1. The van der Waals surface area contributed by atoms with Gasteiger partial charge >= 0.3 is 12.4 Å². The Labute approximate surface area is 192 Å². The van der Waals surface area contributed by atoms with Crippen molar-refractivity contribution in [1.82, 2.24) is 9.71 Å². The number of benzene rings is 2. The number of aromatic nitrogens is 1. The third kappa shape index (κ3) is 6.48. The van der Waals surface area contributed by atoms with E-state index in [9.17, 15) is 26.4 Å². The molecule has 0 saturated heterocycles. The van der Waals surface area contributed by atoms with Crippen molar-refractivity contribution in [1.29, 1.82) is 5.26 Å². The number of nitriles is 1. The molecule has 1 N–H and O–H groups in total. The summed E-state index contributed by atoms with van der Waals surface area (Å²) in [5.41, 5.74) is 0.899. The lowest BCUT2D eigenvalue weighted by Gasteiger charge is -2.21. The number of rotatable bonds is 7. The first-order valence-corrected chi connectivity index (χ1v) is 11.4. The molecule has 0 saturated carbocycles. The summed E-state index contributed by atoms with van der Waals surface area (Å²) in [7, 11) is -3.86. The lowest BCUT2D eigenvalue weighted by atomic mass is 10.1. The van der Waals surface area contributed by atoms with Gasteiger partial charge in [-0.25, -0.2) is 13.1 Å². The monoisotopic (exact) mass is 494 g/mol. The molecule has 0 aliphatic heterocycles. The number of hydrogen-bond acceptors (Lipinski definition) is 8. The Bertz CT molecular complexity index is 1350. The maximum atomic E-state index is 12.6. The number of amides is 1. The van der Waals surface area contributed by atoms with E-state index in [0.29, 0.717) is 16.8 Å². The molecule has 0 fully saturated rings. The van der Waals surface area contributed by atoms with Crippen molar-refractivity contribution in [2.45, 2.75) is 19.8 Å². The minimum Gasteiger partial charge on any atom is -0.428 e.